The summed E-state index contributed by atoms with van der Waals surface area (Å²) in [6.45, 7) is 5.64. The quantitative estimate of drug-likeness (QED) is 0.860. The smallest absolute Gasteiger partial charge is 0.272 e. The Morgan fingerprint density at radius 2 is 2.22 bits per heavy atom. The van der Waals surface area contributed by atoms with Gasteiger partial charge >= 0.3 is 0 Å². The van der Waals surface area contributed by atoms with Gasteiger partial charge < -0.3 is 10.2 Å². The number of carbonyl (C=O) groups excluding carboxylic acids is 2. The maximum absolute atomic E-state index is 12.4. The lowest BCUT2D eigenvalue weighted by molar-refractivity contribution is 0.0742. The summed E-state index contributed by atoms with van der Waals surface area (Å²) in [6.07, 6.45) is 1.46. The summed E-state index contributed by atoms with van der Waals surface area (Å²) >= 11 is 0. The summed E-state index contributed by atoms with van der Waals surface area (Å²) in [7, 11) is 1.73. The zero-order chi connectivity index (χ0) is 16.6. The number of carbonyl (C=O) groups is 2. The van der Waals surface area contributed by atoms with E-state index in [-0.39, 0.29) is 23.6 Å². The SMILES string of the molecule is CCn1ncnc1C(C)NC(=O)c1cc2n(n1)CCN(C)C2=O. The number of hydrogen-bond donors (Lipinski definition) is 1. The molecular formula is C14H19N7O2. The summed E-state index contributed by atoms with van der Waals surface area (Å²) in [5.74, 6) is 0.225. The molecule has 0 saturated heterocycles. The average Bonchev–Trinajstić information content (AvgIpc) is 3.17. The maximum atomic E-state index is 12.4. The van der Waals surface area contributed by atoms with E-state index in [1.165, 1.54) is 12.4 Å². The van der Waals surface area contributed by atoms with Crippen molar-refractivity contribution in [2.75, 3.05) is 13.6 Å². The molecule has 1 atom stereocenters. The van der Waals surface area contributed by atoms with Crippen LogP contribution in [0, 0.1) is 0 Å². The molecule has 0 spiro atoms. The molecule has 2 aromatic rings. The van der Waals surface area contributed by atoms with Gasteiger partial charge in [0.05, 0.1) is 12.6 Å². The van der Waals surface area contributed by atoms with Crippen molar-refractivity contribution in [3.05, 3.63) is 29.6 Å². The lowest BCUT2D eigenvalue weighted by Crippen LogP contribution is -2.37. The first-order valence-corrected chi connectivity index (χ1v) is 7.53. The number of amides is 2. The number of fused-ring (bicyclic) bond motifs is 1. The van der Waals surface area contributed by atoms with Gasteiger partial charge in [-0.2, -0.15) is 10.2 Å². The van der Waals surface area contributed by atoms with E-state index in [1.54, 1.807) is 21.3 Å². The van der Waals surface area contributed by atoms with Crippen LogP contribution in [0.1, 0.15) is 46.7 Å². The van der Waals surface area contributed by atoms with Crippen LogP contribution in [-0.2, 0) is 13.1 Å². The minimum atomic E-state index is -0.333. The molecule has 1 aliphatic rings. The molecule has 122 valence electrons. The van der Waals surface area contributed by atoms with Crippen molar-refractivity contribution in [2.24, 2.45) is 0 Å². The second kappa shape index (κ2) is 5.82. The molecule has 0 bridgehead atoms. The largest absolute Gasteiger partial charge is 0.341 e. The highest BCUT2D eigenvalue weighted by molar-refractivity contribution is 5.98. The van der Waals surface area contributed by atoms with E-state index in [2.05, 4.69) is 20.5 Å². The number of aryl methyl sites for hydroxylation is 1. The van der Waals surface area contributed by atoms with Crippen LogP contribution < -0.4 is 5.32 Å². The molecule has 9 heteroatoms. The van der Waals surface area contributed by atoms with Crippen molar-refractivity contribution >= 4 is 11.8 Å². The van der Waals surface area contributed by atoms with Crippen molar-refractivity contribution in [3.8, 4) is 0 Å². The Balaban J connectivity index is 1.77. The van der Waals surface area contributed by atoms with Crippen LogP contribution in [0.2, 0.25) is 0 Å². The fraction of sp³-hybridized carbons (Fsp3) is 0.500. The van der Waals surface area contributed by atoms with Crippen LogP contribution in [0.3, 0.4) is 0 Å². The molecule has 9 nitrogen and oxygen atoms in total. The molecule has 0 radical (unpaired) electrons. The van der Waals surface area contributed by atoms with E-state index >= 15 is 0 Å². The van der Waals surface area contributed by atoms with E-state index in [0.29, 0.717) is 31.2 Å². The molecule has 3 heterocycles. The van der Waals surface area contributed by atoms with Gasteiger partial charge in [0.15, 0.2) is 5.69 Å². The highest BCUT2D eigenvalue weighted by atomic mass is 16.2. The molecule has 1 aliphatic heterocycles. The van der Waals surface area contributed by atoms with E-state index in [0.717, 1.165) is 0 Å². The Labute approximate surface area is 133 Å². The van der Waals surface area contributed by atoms with Gasteiger partial charge in [0, 0.05) is 26.2 Å². The van der Waals surface area contributed by atoms with Gasteiger partial charge in [-0.25, -0.2) is 9.67 Å². The van der Waals surface area contributed by atoms with Crippen LogP contribution in [0.4, 0.5) is 0 Å². The molecule has 0 fully saturated rings. The molecular weight excluding hydrogens is 298 g/mol. The first kappa shape index (κ1) is 15.2. The van der Waals surface area contributed by atoms with E-state index in [4.69, 9.17) is 0 Å². The highest BCUT2D eigenvalue weighted by Crippen LogP contribution is 2.14. The fourth-order valence-corrected chi connectivity index (χ4v) is 2.60. The van der Waals surface area contributed by atoms with Crippen LogP contribution in [-0.4, -0.2) is 54.9 Å². The van der Waals surface area contributed by atoms with E-state index in [9.17, 15) is 9.59 Å². The molecule has 1 unspecified atom stereocenters. The van der Waals surface area contributed by atoms with E-state index < -0.39 is 0 Å². The molecule has 23 heavy (non-hydrogen) atoms. The van der Waals surface area contributed by atoms with Crippen LogP contribution in [0.15, 0.2) is 12.4 Å². The van der Waals surface area contributed by atoms with Crippen molar-refractivity contribution in [1.29, 1.82) is 0 Å². The summed E-state index contributed by atoms with van der Waals surface area (Å²) in [5, 5.41) is 11.2. The van der Waals surface area contributed by atoms with Crippen LogP contribution in [0.25, 0.3) is 0 Å². The number of nitrogens with one attached hydrogen (secondary N) is 1. The number of rotatable bonds is 4. The predicted molar refractivity (Wildman–Crippen MR) is 80.8 cm³/mol. The molecule has 0 aliphatic carbocycles. The predicted octanol–water partition coefficient (Wildman–Crippen LogP) is 0.0711. The van der Waals surface area contributed by atoms with Crippen molar-refractivity contribution < 1.29 is 9.59 Å². The third-order valence-electron chi connectivity index (χ3n) is 3.91. The first-order chi connectivity index (χ1) is 11.0. The number of likely N-dealkylation sites (N-methyl/N-ethyl adjacent to an activating group) is 1. The zero-order valence-electron chi connectivity index (χ0n) is 13.4. The second-order valence-electron chi connectivity index (χ2n) is 5.49. The van der Waals surface area contributed by atoms with Gasteiger partial charge in [0.1, 0.15) is 17.8 Å². The lowest BCUT2D eigenvalue weighted by atomic mass is 10.2. The van der Waals surface area contributed by atoms with Crippen molar-refractivity contribution in [3.63, 3.8) is 0 Å². The Morgan fingerprint density at radius 1 is 1.43 bits per heavy atom. The average molecular weight is 317 g/mol. The first-order valence-electron chi connectivity index (χ1n) is 7.53. The van der Waals surface area contributed by atoms with Gasteiger partial charge in [-0.05, 0) is 13.8 Å². The molecule has 0 saturated carbocycles. The summed E-state index contributed by atoms with van der Waals surface area (Å²) in [5.41, 5.74) is 0.673. The van der Waals surface area contributed by atoms with E-state index in [1.807, 2.05) is 13.8 Å². The standard InChI is InChI=1S/C14H19N7O2/c1-4-20-12(15-8-16-20)9(2)17-13(22)10-7-11-14(23)19(3)5-6-21(11)18-10/h7-9H,4-6H2,1-3H3,(H,17,22). The Bertz CT molecular complexity index is 748. The molecule has 2 aromatic heterocycles. The third kappa shape index (κ3) is 2.69. The van der Waals surface area contributed by atoms with Gasteiger partial charge in [0.25, 0.3) is 11.8 Å². The minimum Gasteiger partial charge on any atom is -0.341 e. The molecule has 0 aromatic carbocycles. The number of nitrogens with zero attached hydrogens (tertiary/aromatic N) is 6. The number of hydrogen-bond acceptors (Lipinski definition) is 5. The Kier molecular flexibility index (Phi) is 3.85. The summed E-state index contributed by atoms with van der Waals surface area (Å²) in [4.78, 5) is 30.2. The molecule has 1 N–H and O–H groups in total. The lowest BCUT2D eigenvalue weighted by Gasteiger charge is -2.22. The summed E-state index contributed by atoms with van der Waals surface area (Å²) < 4.78 is 3.30. The fourth-order valence-electron chi connectivity index (χ4n) is 2.60. The van der Waals surface area contributed by atoms with Crippen molar-refractivity contribution in [2.45, 2.75) is 33.0 Å². The van der Waals surface area contributed by atoms with Gasteiger partial charge in [-0.15, -0.1) is 0 Å². The normalized spacial score (nSPS) is 15.4. The van der Waals surface area contributed by atoms with Crippen molar-refractivity contribution in [1.82, 2.24) is 34.8 Å². The minimum absolute atomic E-state index is 0.124. The topological polar surface area (TPSA) is 97.9 Å². The maximum Gasteiger partial charge on any atom is 0.272 e. The Morgan fingerprint density at radius 3 is 2.96 bits per heavy atom. The number of aromatic nitrogens is 5. The van der Waals surface area contributed by atoms with Gasteiger partial charge in [-0.3, -0.25) is 14.3 Å². The van der Waals surface area contributed by atoms with Crippen LogP contribution in [0.5, 0.6) is 0 Å². The Hall–Kier alpha value is -2.71. The second-order valence-corrected chi connectivity index (χ2v) is 5.49. The summed E-state index contributed by atoms with van der Waals surface area (Å²) in [6, 6.07) is 1.23. The molecule has 2 amide bonds. The molecule has 3 rings (SSSR count). The third-order valence-corrected chi connectivity index (χ3v) is 3.91. The van der Waals surface area contributed by atoms with Crippen LogP contribution >= 0.6 is 0 Å². The van der Waals surface area contributed by atoms with Gasteiger partial charge in [0.2, 0.25) is 0 Å². The highest BCUT2D eigenvalue weighted by Gasteiger charge is 2.26. The van der Waals surface area contributed by atoms with Gasteiger partial charge in [-0.1, -0.05) is 0 Å². The monoisotopic (exact) mass is 317 g/mol. The zero-order valence-corrected chi connectivity index (χ0v) is 13.4.